The fraction of sp³-hybridized carbons (Fsp3) is 0.562. The molecule has 0 aliphatic carbocycles. The fourth-order valence-corrected chi connectivity index (χ4v) is 2.88. The first kappa shape index (κ1) is 16.0. The average Bonchev–Trinajstić information content (AvgIpc) is 2.82. The van der Waals surface area contributed by atoms with Gasteiger partial charge in [0.25, 0.3) is 0 Å². The standard InChI is InChI=1S/C16H22ClNO3/c1-20-13-8-7-12(11-14(13)21-2)15(17)16(19)18-9-5-3-4-6-10-18/h7-8,11,15H,3-6,9-10H2,1-2H3. The number of nitrogens with zero attached hydrogens (tertiary/aromatic N) is 1. The number of rotatable bonds is 4. The number of carbonyl (C=O) groups is 1. The molecular formula is C16H22ClNO3. The quantitative estimate of drug-likeness (QED) is 0.800. The van der Waals surface area contributed by atoms with E-state index in [0.29, 0.717) is 11.5 Å². The Balaban J connectivity index is 2.14. The van der Waals surface area contributed by atoms with Crippen LogP contribution in [0, 0.1) is 0 Å². The van der Waals surface area contributed by atoms with E-state index in [4.69, 9.17) is 21.1 Å². The molecule has 1 atom stereocenters. The zero-order valence-electron chi connectivity index (χ0n) is 12.6. The van der Waals surface area contributed by atoms with Crippen molar-refractivity contribution in [1.82, 2.24) is 4.90 Å². The van der Waals surface area contributed by atoms with Crippen LogP contribution in [-0.2, 0) is 4.79 Å². The third-order valence-electron chi connectivity index (χ3n) is 3.83. The van der Waals surface area contributed by atoms with Crippen LogP contribution in [0.2, 0.25) is 0 Å². The molecule has 1 aromatic rings. The average molecular weight is 312 g/mol. The van der Waals surface area contributed by atoms with Gasteiger partial charge in [0.1, 0.15) is 5.38 Å². The van der Waals surface area contributed by atoms with Crippen molar-refractivity contribution in [3.05, 3.63) is 23.8 Å². The van der Waals surface area contributed by atoms with E-state index >= 15 is 0 Å². The van der Waals surface area contributed by atoms with Gasteiger partial charge in [-0.3, -0.25) is 4.79 Å². The van der Waals surface area contributed by atoms with Crippen LogP contribution in [0.3, 0.4) is 0 Å². The Morgan fingerprint density at radius 1 is 1.10 bits per heavy atom. The second-order valence-electron chi connectivity index (χ2n) is 5.22. The Morgan fingerprint density at radius 3 is 2.29 bits per heavy atom. The molecule has 5 heteroatoms. The third kappa shape index (κ3) is 3.82. The second-order valence-corrected chi connectivity index (χ2v) is 5.65. The molecule has 0 N–H and O–H groups in total. The molecule has 0 aromatic heterocycles. The Bertz CT molecular complexity index is 484. The smallest absolute Gasteiger partial charge is 0.245 e. The van der Waals surface area contributed by atoms with E-state index in [-0.39, 0.29) is 5.91 Å². The lowest BCUT2D eigenvalue weighted by molar-refractivity contribution is -0.130. The van der Waals surface area contributed by atoms with Gasteiger partial charge in [0.05, 0.1) is 14.2 Å². The lowest BCUT2D eigenvalue weighted by Gasteiger charge is -2.23. The number of carbonyl (C=O) groups excluding carboxylic acids is 1. The molecule has 1 saturated heterocycles. The van der Waals surface area contributed by atoms with Crippen LogP contribution in [0.15, 0.2) is 18.2 Å². The van der Waals surface area contributed by atoms with Gasteiger partial charge in [0.2, 0.25) is 5.91 Å². The lowest BCUT2D eigenvalue weighted by atomic mass is 10.1. The van der Waals surface area contributed by atoms with Crippen LogP contribution < -0.4 is 9.47 Å². The summed E-state index contributed by atoms with van der Waals surface area (Å²) in [5.41, 5.74) is 0.739. The maximum atomic E-state index is 12.5. The van der Waals surface area contributed by atoms with Gasteiger partial charge in [-0.2, -0.15) is 0 Å². The highest BCUT2D eigenvalue weighted by Gasteiger charge is 2.25. The molecule has 1 unspecified atom stereocenters. The van der Waals surface area contributed by atoms with Crippen LogP contribution in [0.5, 0.6) is 11.5 Å². The van der Waals surface area contributed by atoms with Crippen LogP contribution >= 0.6 is 11.6 Å². The minimum atomic E-state index is -0.678. The largest absolute Gasteiger partial charge is 0.493 e. The Morgan fingerprint density at radius 2 is 1.71 bits per heavy atom. The highest BCUT2D eigenvalue weighted by Crippen LogP contribution is 2.33. The summed E-state index contributed by atoms with van der Waals surface area (Å²) >= 11 is 6.38. The summed E-state index contributed by atoms with van der Waals surface area (Å²) in [6.45, 7) is 1.60. The number of methoxy groups -OCH3 is 2. The van der Waals surface area contributed by atoms with Gasteiger partial charge in [-0.1, -0.05) is 18.9 Å². The van der Waals surface area contributed by atoms with Crippen molar-refractivity contribution in [3.63, 3.8) is 0 Å². The molecule has 1 aliphatic rings. The summed E-state index contributed by atoms with van der Waals surface area (Å²) in [5.74, 6) is 1.20. The molecular weight excluding hydrogens is 290 g/mol. The van der Waals surface area contributed by atoms with Crippen LogP contribution in [0.25, 0.3) is 0 Å². The predicted octanol–water partition coefficient (Wildman–Crippen LogP) is 3.39. The molecule has 4 nitrogen and oxygen atoms in total. The van der Waals surface area contributed by atoms with Gasteiger partial charge in [-0.15, -0.1) is 11.6 Å². The van der Waals surface area contributed by atoms with E-state index in [9.17, 15) is 4.79 Å². The highest BCUT2D eigenvalue weighted by molar-refractivity contribution is 6.30. The number of ether oxygens (including phenoxy) is 2. The fourth-order valence-electron chi connectivity index (χ4n) is 2.60. The third-order valence-corrected chi connectivity index (χ3v) is 4.27. The normalized spacial score (nSPS) is 17.0. The second kappa shape index (κ2) is 7.55. The first-order valence-corrected chi connectivity index (χ1v) is 7.75. The van der Waals surface area contributed by atoms with Gasteiger partial charge < -0.3 is 14.4 Å². The van der Waals surface area contributed by atoms with Crippen LogP contribution in [0.1, 0.15) is 36.6 Å². The molecule has 2 rings (SSSR count). The van der Waals surface area contributed by atoms with Crippen molar-refractivity contribution in [1.29, 1.82) is 0 Å². The molecule has 1 heterocycles. The summed E-state index contributed by atoms with van der Waals surface area (Å²) in [4.78, 5) is 14.4. The van der Waals surface area contributed by atoms with E-state index in [1.165, 1.54) is 12.8 Å². The molecule has 0 saturated carbocycles. The molecule has 0 bridgehead atoms. The van der Waals surface area contributed by atoms with Crippen LogP contribution in [-0.4, -0.2) is 38.1 Å². The first-order valence-electron chi connectivity index (χ1n) is 7.32. The molecule has 1 amide bonds. The number of likely N-dealkylation sites (tertiary alicyclic amines) is 1. The highest BCUT2D eigenvalue weighted by atomic mass is 35.5. The molecule has 21 heavy (non-hydrogen) atoms. The van der Waals surface area contributed by atoms with Gasteiger partial charge >= 0.3 is 0 Å². The Hall–Kier alpha value is -1.42. The topological polar surface area (TPSA) is 38.8 Å². The van der Waals surface area contributed by atoms with Crippen molar-refractivity contribution in [2.75, 3.05) is 27.3 Å². The number of amides is 1. The summed E-state index contributed by atoms with van der Waals surface area (Å²) in [7, 11) is 3.15. The van der Waals surface area contributed by atoms with E-state index in [1.54, 1.807) is 26.4 Å². The van der Waals surface area contributed by atoms with E-state index in [2.05, 4.69) is 0 Å². The molecule has 1 aromatic carbocycles. The maximum Gasteiger partial charge on any atom is 0.245 e. The molecule has 0 spiro atoms. The monoisotopic (exact) mass is 311 g/mol. The predicted molar refractivity (Wildman–Crippen MR) is 83.2 cm³/mol. The number of hydrogen-bond donors (Lipinski definition) is 0. The molecule has 0 radical (unpaired) electrons. The summed E-state index contributed by atoms with van der Waals surface area (Å²) in [6, 6.07) is 5.36. The maximum absolute atomic E-state index is 12.5. The number of hydrogen-bond acceptors (Lipinski definition) is 3. The van der Waals surface area contributed by atoms with Crippen molar-refractivity contribution in [2.24, 2.45) is 0 Å². The van der Waals surface area contributed by atoms with Gasteiger partial charge in [0.15, 0.2) is 11.5 Å². The lowest BCUT2D eigenvalue weighted by Crippen LogP contribution is -2.34. The summed E-state index contributed by atoms with van der Waals surface area (Å²) in [5, 5.41) is -0.678. The molecule has 1 aliphatic heterocycles. The van der Waals surface area contributed by atoms with E-state index in [1.807, 2.05) is 11.0 Å². The van der Waals surface area contributed by atoms with Gasteiger partial charge in [-0.05, 0) is 30.5 Å². The minimum Gasteiger partial charge on any atom is -0.493 e. The summed E-state index contributed by atoms with van der Waals surface area (Å²) in [6.07, 6.45) is 4.49. The zero-order valence-corrected chi connectivity index (χ0v) is 13.4. The molecule has 116 valence electrons. The first-order chi connectivity index (χ1) is 10.2. The van der Waals surface area contributed by atoms with E-state index < -0.39 is 5.38 Å². The minimum absolute atomic E-state index is 0.0224. The summed E-state index contributed by atoms with van der Waals surface area (Å²) < 4.78 is 10.5. The van der Waals surface area contributed by atoms with Gasteiger partial charge in [-0.25, -0.2) is 0 Å². The van der Waals surface area contributed by atoms with E-state index in [0.717, 1.165) is 31.5 Å². The van der Waals surface area contributed by atoms with Crippen molar-refractivity contribution in [3.8, 4) is 11.5 Å². The Kier molecular flexibility index (Phi) is 5.74. The molecule has 1 fully saturated rings. The van der Waals surface area contributed by atoms with Crippen molar-refractivity contribution >= 4 is 17.5 Å². The van der Waals surface area contributed by atoms with Gasteiger partial charge in [0, 0.05) is 13.1 Å². The van der Waals surface area contributed by atoms with Crippen molar-refractivity contribution in [2.45, 2.75) is 31.1 Å². The van der Waals surface area contributed by atoms with Crippen LogP contribution in [0.4, 0.5) is 0 Å². The van der Waals surface area contributed by atoms with Crippen molar-refractivity contribution < 1.29 is 14.3 Å². The number of halogens is 1. The zero-order chi connectivity index (χ0) is 15.2. The Labute approximate surface area is 131 Å². The number of alkyl halides is 1. The number of benzene rings is 1. The SMILES string of the molecule is COc1ccc(C(Cl)C(=O)N2CCCCCC2)cc1OC.